The smallest absolute Gasteiger partial charge is 0.367 e. The molecule has 0 bridgehead atoms. The lowest BCUT2D eigenvalue weighted by molar-refractivity contribution is -0.176. The van der Waals surface area contributed by atoms with Gasteiger partial charge in [0.2, 0.25) is 0 Å². The van der Waals surface area contributed by atoms with E-state index < -0.39 is 12.8 Å². The Kier molecular flexibility index (Phi) is 5.08. The van der Waals surface area contributed by atoms with Crippen molar-refractivity contribution in [1.29, 1.82) is 0 Å². The molecule has 1 amide bonds. The largest absolute Gasteiger partial charge is 0.411 e. The highest BCUT2D eigenvalue weighted by atomic mass is 19.4. The predicted octanol–water partition coefficient (Wildman–Crippen LogP) is 3.56. The second kappa shape index (κ2) is 7.26. The van der Waals surface area contributed by atoms with Crippen LogP contribution in [0, 0.1) is 0 Å². The first-order chi connectivity index (χ1) is 11.9. The summed E-state index contributed by atoms with van der Waals surface area (Å²) in [6, 6.07) is 8.45. The third-order valence-electron chi connectivity index (χ3n) is 3.75. The Hall–Kier alpha value is -2.35. The molecule has 1 saturated carbocycles. The standard InChI is InChI=1S/C17H17F3N2O3/c18-17(19,20)10-24-9-12-3-1-11(2-4-12)8-21-16(23)14-7-15(25-22-14)13-5-6-13/h1-4,7,13H,5-6,8-10H2,(H,21,23). The molecule has 1 heterocycles. The van der Waals surface area contributed by atoms with E-state index in [2.05, 4.69) is 15.2 Å². The van der Waals surface area contributed by atoms with E-state index in [9.17, 15) is 18.0 Å². The lowest BCUT2D eigenvalue weighted by atomic mass is 10.1. The molecule has 0 saturated heterocycles. The van der Waals surface area contributed by atoms with Gasteiger partial charge >= 0.3 is 6.18 Å². The Morgan fingerprint density at radius 2 is 1.92 bits per heavy atom. The Morgan fingerprint density at radius 3 is 2.56 bits per heavy atom. The molecule has 0 radical (unpaired) electrons. The summed E-state index contributed by atoms with van der Waals surface area (Å²) in [5, 5.41) is 6.49. The minimum Gasteiger partial charge on any atom is -0.367 e. The maximum Gasteiger partial charge on any atom is 0.411 e. The predicted molar refractivity (Wildman–Crippen MR) is 81.8 cm³/mol. The SMILES string of the molecule is O=C(NCc1ccc(COCC(F)(F)F)cc1)c1cc(C2CC2)on1. The van der Waals surface area contributed by atoms with Gasteiger partial charge in [-0.1, -0.05) is 29.4 Å². The van der Waals surface area contributed by atoms with Crippen LogP contribution < -0.4 is 5.32 Å². The lowest BCUT2D eigenvalue weighted by Gasteiger charge is -2.08. The molecule has 0 unspecified atom stereocenters. The molecule has 134 valence electrons. The molecule has 1 N–H and O–H groups in total. The number of halogens is 3. The summed E-state index contributed by atoms with van der Waals surface area (Å²) >= 11 is 0. The summed E-state index contributed by atoms with van der Waals surface area (Å²) in [6.45, 7) is -1.10. The molecule has 1 aliphatic carbocycles. The number of carbonyl (C=O) groups is 1. The van der Waals surface area contributed by atoms with Gasteiger partial charge in [0.25, 0.3) is 5.91 Å². The van der Waals surface area contributed by atoms with Gasteiger partial charge in [-0.05, 0) is 24.0 Å². The Morgan fingerprint density at radius 1 is 1.24 bits per heavy atom. The van der Waals surface area contributed by atoms with Gasteiger partial charge in [-0.15, -0.1) is 0 Å². The van der Waals surface area contributed by atoms with Crippen LogP contribution in [-0.4, -0.2) is 23.8 Å². The zero-order chi connectivity index (χ0) is 17.9. The molecule has 3 rings (SSSR count). The van der Waals surface area contributed by atoms with E-state index in [4.69, 9.17) is 4.52 Å². The van der Waals surface area contributed by atoms with Crippen LogP contribution in [0.15, 0.2) is 34.9 Å². The van der Waals surface area contributed by atoms with Crippen molar-refractivity contribution in [2.24, 2.45) is 0 Å². The second-order valence-electron chi connectivity index (χ2n) is 6.00. The molecule has 5 nitrogen and oxygen atoms in total. The molecule has 0 aliphatic heterocycles. The van der Waals surface area contributed by atoms with Crippen LogP contribution in [0.25, 0.3) is 0 Å². The summed E-state index contributed by atoms with van der Waals surface area (Å²) < 4.78 is 45.8. The van der Waals surface area contributed by atoms with Gasteiger partial charge in [-0.3, -0.25) is 4.79 Å². The lowest BCUT2D eigenvalue weighted by Crippen LogP contribution is -2.23. The number of benzene rings is 1. The third-order valence-corrected chi connectivity index (χ3v) is 3.75. The second-order valence-corrected chi connectivity index (χ2v) is 6.00. The van der Waals surface area contributed by atoms with Gasteiger partial charge in [-0.25, -0.2) is 0 Å². The summed E-state index contributed by atoms with van der Waals surface area (Å²) in [6.07, 6.45) is -2.20. The molecular formula is C17H17F3N2O3. The van der Waals surface area contributed by atoms with E-state index in [-0.39, 0.29) is 24.8 Å². The zero-order valence-electron chi connectivity index (χ0n) is 13.3. The molecule has 1 fully saturated rings. The van der Waals surface area contributed by atoms with E-state index in [1.807, 2.05) is 0 Å². The van der Waals surface area contributed by atoms with Crippen LogP contribution >= 0.6 is 0 Å². The maximum atomic E-state index is 12.0. The summed E-state index contributed by atoms with van der Waals surface area (Å²) in [5.74, 6) is 0.808. The third kappa shape index (κ3) is 5.32. The Bertz CT molecular complexity index is 721. The number of amides is 1. The number of ether oxygens (including phenoxy) is 1. The van der Waals surface area contributed by atoms with Gasteiger partial charge in [0.05, 0.1) is 6.61 Å². The van der Waals surface area contributed by atoms with Gasteiger partial charge in [0, 0.05) is 18.5 Å². The average molecular weight is 354 g/mol. The zero-order valence-corrected chi connectivity index (χ0v) is 13.3. The van der Waals surface area contributed by atoms with Gasteiger partial charge in [-0.2, -0.15) is 13.2 Å². The molecule has 1 aromatic carbocycles. The summed E-state index contributed by atoms with van der Waals surface area (Å²) in [4.78, 5) is 12.0. The summed E-state index contributed by atoms with van der Waals surface area (Å²) in [5.41, 5.74) is 1.70. The van der Waals surface area contributed by atoms with Crippen molar-refractivity contribution in [1.82, 2.24) is 10.5 Å². The fourth-order valence-electron chi connectivity index (χ4n) is 2.27. The molecule has 25 heavy (non-hydrogen) atoms. The van der Waals surface area contributed by atoms with Crippen molar-refractivity contribution < 1.29 is 27.2 Å². The fraction of sp³-hybridized carbons (Fsp3) is 0.412. The van der Waals surface area contributed by atoms with Crippen LogP contribution in [0.2, 0.25) is 0 Å². The number of hydrogen-bond acceptors (Lipinski definition) is 4. The number of alkyl halides is 3. The van der Waals surface area contributed by atoms with E-state index in [1.54, 1.807) is 30.3 Å². The number of rotatable bonds is 7. The number of aromatic nitrogens is 1. The van der Waals surface area contributed by atoms with Gasteiger partial charge in [0.1, 0.15) is 12.4 Å². The van der Waals surface area contributed by atoms with Crippen molar-refractivity contribution in [2.75, 3.05) is 6.61 Å². The molecular weight excluding hydrogens is 337 g/mol. The number of nitrogens with one attached hydrogen (secondary N) is 1. The quantitative estimate of drug-likeness (QED) is 0.826. The highest BCUT2D eigenvalue weighted by Gasteiger charge is 2.29. The van der Waals surface area contributed by atoms with Crippen molar-refractivity contribution in [3.8, 4) is 0 Å². The van der Waals surface area contributed by atoms with Crippen LogP contribution in [0.3, 0.4) is 0 Å². The Labute approximate surface area is 142 Å². The maximum absolute atomic E-state index is 12.0. The van der Waals surface area contributed by atoms with Crippen LogP contribution in [0.5, 0.6) is 0 Å². The van der Waals surface area contributed by atoms with Crippen molar-refractivity contribution in [3.05, 3.63) is 52.9 Å². The number of nitrogens with zero attached hydrogens (tertiary/aromatic N) is 1. The number of carbonyl (C=O) groups excluding carboxylic acids is 1. The van der Waals surface area contributed by atoms with E-state index in [1.165, 1.54) is 0 Å². The van der Waals surface area contributed by atoms with Crippen molar-refractivity contribution >= 4 is 5.91 Å². The van der Waals surface area contributed by atoms with Crippen LogP contribution in [-0.2, 0) is 17.9 Å². The topological polar surface area (TPSA) is 64.4 Å². The van der Waals surface area contributed by atoms with E-state index >= 15 is 0 Å². The first-order valence-corrected chi connectivity index (χ1v) is 7.88. The van der Waals surface area contributed by atoms with Gasteiger partial charge < -0.3 is 14.6 Å². The molecule has 1 aliphatic rings. The average Bonchev–Trinajstić information content (AvgIpc) is 3.30. The highest BCUT2D eigenvalue weighted by molar-refractivity contribution is 5.92. The molecule has 0 atom stereocenters. The molecule has 2 aromatic rings. The fourth-order valence-corrected chi connectivity index (χ4v) is 2.27. The minimum atomic E-state index is -4.33. The van der Waals surface area contributed by atoms with Crippen molar-refractivity contribution in [3.63, 3.8) is 0 Å². The molecule has 8 heteroatoms. The van der Waals surface area contributed by atoms with Gasteiger partial charge in [0.15, 0.2) is 5.69 Å². The van der Waals surface area contributed by atoms with E-state index in [0.717, 1.165) is 24.2 Å². The molecule has 0 spiro atoms. The first-order valence-electron chi connectivity index (χ1n) is 7.88. The van der Waals surface area contributed by atoms with Crippen molar-refractivity contribution in [2.45, 2.75) is 38.1 Å². The minimum absolute atomic E-state index is 0.116. The first kappa shape index (κ1) is 17.5. The summed E-state index contributed by atoms with van der Waals surface area (Å²) in [7, 11) is 0. The monoisotopic (exact) mass is 354 g/mol. The normalized spacial score (nSPS) is 14.5. The number of hydrogen-bond donors (Lipinski definition) is 1. The Balaban J connectivity index is 1.45. The van der Waals surface area contributed by atoms with Crippen LogP contribution in [0.4, 0.5) is 13.2 Å². The molecule has 1 aromatic heterocycles. The van der Waals surface area contributed by atoms with E-state index in [0.29, 0.717) is 11.5 Å². The van der Waals surface area contributed by atoms with Crippen LogP contribution in [0.1, 0.15) is 46.1 Å². The highest BCUT2D eigenvalue weighted by Crippen LogP contribution is 2.40.